The molecule has 1 aliphatic rings. The maximum atomic E-state index is 9.83. The normalized spacial score (nSPS) is 33.8. The Bertz CT molecular complexity index is 359. The van der Waals surface area contributed by atoms with E-state index in [1.807, 2.05) is 16.3 Å². The molecular formula is C12H19NO4S. The molecule has 2 rings (SSSR count). The van der Waals surface area contributed by atoms with Gasteiger partial charge >= 0.3 is 0 Å². The molecule has 4 N–H and O–H groups in total. The van der Waals surface area contributed by atoms with Gasteiger partial charge in [0.15, 0.2) is 0 Å². The molecular weight excluding hydrogens is 254 g/mol. The second kappa shape index (κ2) is 6.10. The Labute approximate surface area is 110 Å². The molecule has 0 spiro atoms. The maximum absolute atomic E-state index is 9.83. The first-order valence-electron chi connectivity index (χ1n) is 6.03. The van der Waals surface area contributed by atoms with E-state index in [4.69, 9.17) is 0 Å². The van der Waals surface area contributed by atoms with Crippen LogP contribution < -0.4 is 0 Å². The molecule has 0 saturated carbocycles. The Morgan fingerprint density at radius 2 is 2.06 bits per heavy atom. The lowest BCUT2D eigenvalue weighted by Gasteiger charge is -2.43. The Hall–Kier alpha value is -0.500. The van der Waals surface area contributed by atoms with E-state index in [-0.39, 0.29) is 13.2 Å². The average Bonchev–Trinajstić information content (AvgIpc) is 2.86. The van der Waals surface area contributed by atoms with Crippen molar-refractivity contribution < 1.29 is 20.4 Å². The fraction of sp³-hybridized carbons (Fsp3) is 0.667. The summed E-state index contributed by atoms with van der Waals surface area (Å²) in [6, 6.07) is 1.52. The van der Waals surface area contributed by atoms with Crippen LogP contribution in [0.3, 0.4) is 0 Å². The van der Waals surface area contributed by atoms with Gasteiger partial charge in [0.2, 0.25) is 0 Å². The van der Waals surface area contributed by atoms with Crippen molar-refractivity contribution in [1.82, 2.24) is 4.90 Å². The van der Waals surface area contributed by atoms with Crippen LogP contribution in [0.4, 0.5) is 0 Å². The standard InChI is InChI=1S/C12H19NO4S/c14-6-9-11(16)12(17)10(15)5-13(9)3-1-8-2-4-18-7-8/h2,4,7,9-12,14-17H,1,3,5-6H2/t9-,10?,11?,12?/m0/s1. The van der Waals surface area contributed by atoms with Crippen LogP contribution in [0, 0.1) is 0 Å². The van der Waals surface area contributed by atoms with E-state index in [1.54, 1.807) is 11.3 Å². The molecule has 0 aromatic carbocycles. The Balaban J connectivity index is 1.97. The molecule has 3 unspecified atom stereocenters. The Morgan fingerprint density at radius 1 is 1.28 bits per heavy atom. The van der Waals surface area contributed by atoms with Crippen molar-refractivity contribution in [3.8, 4) is 0 Å². The van der Waals surface area contributed by atoms with Crippen molar-refractivity contribution in [1.29, 1.82) is 0 Å². The highest BCUT2D eigenvalue weighted by molar-refractivity contribution is 7.07. The molecule has 4 atom stereocenters. The summed E-state index contributed by atoms with van der Waals surface area (Å²) in [6.45, 7) is 0.685. The molecule has 1 aromatic rings. The minimum Gasteiger partial charge on any atom is -0.395 e. The van der Waals surface area contributed by atoms with Gasteiger partial charge in [0.05, 0.1) is 18.8 Å². The van der Waals surface area contributed by atoms with E-state index in [1.165, 1.54) is 5.56 Å². The first kappa shape index (κ1) is 13.9. The minimum absolute atomic E-state index is 0.228. The minimum atomic E-state index is -1.18. The summed E-state index contributed by atoms with van der Waals surface area (Å²) in [7, 11) is 0. The van der Waals surface area contributed by atoms with Gasteiger partial charge in [0.25, 0.3) is 0 Å². The van der Waals surface area contributed by atoms with Gasteiger partial charge in [-0.1, -0.05) is 0 Å². The number of thiophene rings is 1. The largest absolute Gasteiger partial charge is 0.395 e. The van der Waals surface area contributed by atoms with Gasteiger partial charge in [-0.3, -0.25) is 4.90 Å². The third-order valence-corrected chi connectivity index (χ3v) is 4.22. The number of rotatable bonds is 4. The van der Waals surface area contributed by atoms with Gasteiger partial charge in [-0.15, -0.1) is 0 Å². The van der Waals surface area contributed by atoms with Gasteiger partial charge in [-0.2, -0.15) is 11.3 Å². The zero-order valence-corrected chi connectivity index (χ0v) is 10.8. The SMILES string of the molecule is OC[C@H]1C(O)C(O)C(O)CN1CCc1ccsc1. The number of aliphatic hydroxyl groups is 4. The number of nitrogens with zero attached hydrogens (tertiary/aromatic N) is 1. The zero-order chi connectivity index (χ0) is 13.1. The highest BCUT2D eigenvalue weighted by Gasteiger charge is 2.40. The molecule has 18 heavy (non-hydrogen) atoms. The van der Waals surface area contributed by atoms with Gasteiger partial charge in [0, 0.05) is 13.1 Å². The summed E-state index contributed by atoms with van der Waals surface area (Å²) in [5, 5.41) is 42.4. The molecule has 5 nitrogen and oxygen atoms in total. The highest BCUT2D eigenvalue weighted by Crippen LogP contribution is 2.19. The lowest BCUT2D eigenvalue weighted by atomic mass is 9.94. The molecule has 1 aliphatic heterocycles. The highest BCUT2D eigenvalue weighted by atomic mass is 32.1. The molecule has 0 amide bonds. The van der Waals surface area contributed by atoms with Crippen LogP contribution in [0.15, 0.2) is 16.8 Å². The van der Waals surface area contributed by atoms with Crippen LogP contribution in [-0.2, 0) is 6.42 Å². The molecule has 102 valence electrons. The van der Waals surface area contributed by atoms with Gasteiger partial charge in [-0.25, -0.2) is 0 Å². The second-order valence-electron chi connectivity index (χ2n) is 4.67. The summed E-state index contributed by atoms with van der Waals surface area (Å²) >= 11 is 1.63. The first-order chi connectivity index (χ1) is 8.63. The zero-order valence-electron chi connectivity index (χ0n) is 10.0. The fourth-order valence-electron chi connectivity index (χ4n) is 2.34. The van der Waals surface area contributed by atoms with Crippen LogP contribution in [0.5, 0.6) is 0 Å². The number of piperidine rings is 1. The van der Waals surface area contributed by atoms with E-state index in [0.717, 1.165) is 6.42 Å². The molecule has 2 heterocycles. The molecule has 1 aromatic heterocycles. The maximum Gasteiger partial charge on any atom is 0.109 e. The Kier molecular flexibility index (Phi) is 4.71. The van der Waals surface area contributed by atoms with Gasteiger partial charge in [0.1, 0.15) is 12.2 Å². The van der Waals surface area contributed by atoms with Crippen LogP contribution in [0.25, 0.3) is 0 Å². The molecule has 6 heteroatoms. The van der Waals surface area contributed by atoms with Crippen molar-refractivity contribution in [3.63, 3.8) is 0 Å². The van der Waals surface area contributed by atoms with E-state index in [9.17, 15) is 20.4 Å². The molecule has 0 radical (unpaired) electrons. The summed E-state index contributed by atoms with van der Waals surface area (Å²) in [5.74, 6) is 0. The second-order valence-corrected chi connectivity index (χ2v) is 5.46. The summed E-state index contributed by atoms with van der Waals surface area (Å²) in [6.07, 6.45) is -2.46. The quantitative estimate of drug-likeness (QED) is 0.568. The van der Waals surface area contributed by atoms with Crippen LogP contribution in [0.1, 0.15) is 5.56 Å². The van der Waals surface area contributed by atoms with Crippen molar-refractivity contribution in [2.75, 3.05) is 19.7 Å². The van der Waals surface area contributed by atoms with Crippen molar-refractivity contribution >= 4 is 11.3 Å². The van der Waals surface area contributed by atoms with Crippen LogP contribution >= 0.6 is 11.3 Å². The lowest BCUT2D eigenvalue weighted by molar-refractivity contribution is -0.144. The smallest absolute Gasteiger partial charge is 0.109 e. The number of aliphatic hydroxyl groups excluding tert-OH is 4. The average molecular weight is 273 g/mol. The monoisotopic (exact) mass is 273 g/mol. The lowest BCUT2D eigenvalue weighted by Crippen LogP contribution is -2.62. The summed E-state index contributed by atoms with van der Waals surface area (Å²) in [5.41, 5.74) is 1.20. The third-order valence-electron chi connectivity index (χ3n) is 3.48. The topological polar surface area (TPSA) is 84.2 Å². The molecule has 1 fully saturated rings. The van der Waals surface area contributed by atoms with Gasteiger partial charge < -0.3 is 20.4 Å². The number of hydrogen-bond acceptors (Lipinski definition) is 6. The molecule has 0 bridgehead atoms. The molecule has 0 aliphatic carbocycles. The Morgan fingerprint density at radius 3 is 2.67 bits per heavy atom. The first-order valence-corrected chi connectivity index (χ1v) is 6.98. The summed E-state index contributed by atoms with van der Waals surface area (Å²) < 4.78 is 0. The van der Waals surface area contributed by atoms with Gasteiger partial charge in [-0.05, 0) is 28.8 Å². The number of hydrogen-bond donors (Lipinski definition) is 4. The predicted octanol–water partition coefficient (Wildman–Crippen LogP) is -0.950. The van der Waals surface area contributed by atoms with Crippen molar-refractivity contribution in [3.05, 3.63) is 22.4 Å². The third kappa shape index (κ3) is 2.90. The number of β-amino-alcohol motifs (C(OH)–C–C–N with tert-alkyl or cyclic N) is 1. The molecule has 1 saturated heterocycles. The van der Waals surface area contributed by atoms with Crippen molar-refractivity contribution in [2.24, 2.45) is 0 Å². The van der Waals surface area contributed by atoms with Crippen LogP contribution in [-0.4, -0.2) is 69.4 Å². The number of likely N-dealkylation sites (tertiary alicyclic amines) is 1. The predicted molar refractivity (Wildman–Crippen MR) is 68.5 cm³/mol. The fourth-order valence-corrected chi connectivity index (χ4v) is 3.05. The summed E-state index contributed by atoms with van der Waals surface area (Å²) in [4.78, 5) is 1.83. The van der Waals surface area contributed by atoms with Crippen molar-refractivity contribution in [2.45, 2.75) is 30.8 Å². The van der Waals surface area contributed by atoms with Crippen LogP contribution in [0.2, 0.25) is 0 Å². The van der Waals surface area contributed by atoms with E-state index in [2.05, 4.69) is 5.38 Å². The van der Waals surface area contributed by atoms with E-state index < -0.39 is 24.4 Å². The van der Waals surface area contributed by atoms with E-state index in [0.29, 0.717) is 6.54 Å². The van der Waals surface area contributed by atoms with E-state index >= 15 is 0 Å².